The van der Waals surface area contributed by atoms with Gasteiger partial charge in [-0.1, -0.05) is 29.8 Å². The summed E-state index contributed by atoms with van der Waals surface area (Å²) in [6.45, 7) is 2.91. The molecule has 2 aromatic heterocycles. The lowest BCUT2D eigenvalue weighted by molar-refractivity contribution is 0.596. The number of hydrogen-bond acceptors (Lipinski definition) is 6. The second-order valence-corrected chi connectivity index (χ2v) is 9.57. The number of anilines is 3. The molecule has 0 radical (unpaired) electrons. The van der Waals surface area contributed by atoms with E-state index in [-0.39, 0.29) is 5.75 Å². The third kappa shape index (κ3) is 3.39. The summed E-state index contributed by atoms with van der Waals surface area (Å²) in [6, 6.07) is 17.2. The Balaban J connectivity index is 1.62. The molecule has 2 aromatic carbocycles. The number of aryl methyl sites for hydroxylation is 1. The summed E-state index contributed by atoms with van der Waals surface area (Å²) in [7, 11) is -3.32. The standard InChI is InChI=1S/C22H21N5O2S/c1-15-6-7-18-17(12-15)19(24-21-8-9-23-26-21)13-22(25-18)27-10-11-30(28,29)20-5-3-2-4-16(20)14-27/h2-9,12-13H,10-11,14H2,1H3,(H2,23,24,25,26). The van der Waals surface area contributed by atoms with E-state index in [0.29, 0.717) is 18.0 Å². The monoisotopic (exact) mass is 419 g/mol. The maximum atomic E-state index is 12.7. The van der Waals surface area contributed by atoms with E-state index in [1.807, 2.05) is 48.2 Å². The highest BCUT2D eigenvalue weighted by molar-refractivity contribution is 7.91. The molecule has 2 N–H and O–H groups in total. The van der Waals surface area contributed by atoms with Gasteiger partial charge in [-0.05, 0) is 30.7 Å². The van der Waals surface area contributed by atoms with E-state index < -0.39 is 9.84 Å². The van der Waals surface area contributed by atoms with Gasteiger partial charge >= 0.3 is 0 Å². The molecule has 0 fully saturated rings. The quantitative estimate of drug-likeness (QED) is 0.525. The molecule has 30 heavy (non-hydrogen) atoms. The summed E-state index contributed by atoms with van der Waals surface area (Å²) in [6.07, 6.45) is 1.69. The van der Waals surface area contributed by atoms with Crippen LogP contribution < -0.4 is 10.2 Å². The van der Waals surface area contributed by atoms with Crippen molar-refractivity contribution >= 4 is 38.1 Å². The van der Waals surface area contributed by atoms with Crippen LogP contribution in [0.2, 0.25) is 0 Å². The highest BCUT2D eigenvalue weighted by Gasteiger charge is 2.26. The van der Waals surface area contributed by atoms with Crippen molar-refractivity contribution in [2.24, 2.45) is 0 Å². The second kappa shape index (κ2) is 7.14. The van der Waals surface area contributed by atoms with Gasteiger partial charge in [0, 0.05) is 30.6 Å². The fourth-order valence-corrected chi connectivity index (χ4v) is 5.32. The summed E-state index contributed by atoms with van der Waals surface area (Å²) in [5.74, 6) is 1.57. The molecule has 0 aliphatic carbocycles. The largest absolute Gasteiger partial charge is 0.351 e. The summed E-state index contributed by atoms with van der Waals surface area (Å²) in [5, 5.41) is 11.3. The number of benzene rings is 2. The topological polar surface area (TPSA) is 91.0 Å². The maximum Gasteiger partial charge on any atom is 0.180 e. The van der Waals surface area contributed by atoms with Gasteiger partial charge in [-0.15, -0.1) is 0 Å². The molecule has 0 spiro atoms. The van der Waals surface area contributed by atoms with E-state index in [4.69, 9.17) is 4.98 Å². The van der Waals surface area contributed by atoms with E-state index in [1.165, 1.54) is 0 Å². The zero-order valence-corrected chi connectivity index (χ0v) is 17.3. The molecule has 0 amide bonds. The zero-order valence-electron chi connectivity index (χ0n) is 16.5. The Labute approximate surface area is 174 Å². The Kier molecular flexibility index (Phi) is 4.43. The number of rotatable bonds is 3. The lowest BCUT2D eigenvalue weighted by Gasteiger charge is -2.23. The number of aromatic amines is 1. The third-order valence-electron chi connectivity index (χ3n) is 5.34. The van der Waals surface area contributed by atoms with Gasteiger partial charge in [-0.25, -0.2) is 13.4 Å². The summed E-state index contributed by atoms with van der Waals surface area (Å²) in [5.41, 5.74) is 3.67. The van der Waals surface area contributed by atoms with Crippen LogP contribution in [-0.4, -0.2) is 35.9 Å². The summed E-state index contributed by atoms with van der Waals surface area (Å²) >= 11 is 0. The van der Waals surface area contributed by atoms with Gasteiger partial charge in [0.2, 0.25) is 0 Å². The van der Waals surface area contributed by atoms with Gasteiger partial charge < -0.3 is 10.2 Å². The van der Waals surface area contributed by atoms with Crippen LogP contribution in [0.15, 0.2) is 65.7 Å². The SMILES string of the molecule is Cc1ccc2nc(N3CCS(=O)(=O)c4ccccc4C3)cc(Nc3ccn[nH]3)c2c1. The van der Waals surface area contributed by atoms with Crippen LogP contribution in [0.1, 0.15) is 11.1 Å². The van der Waals surface area contributed by atoms with Crippen molar-refractivity contribution < 1.29 is 8.42 Å². The molecule has 0 unspecified atom stereocenters. The Morgan fingerprint density at radius 1 is 1.10 bits per heavy atom. The van der Waals surface area contributed by atoms with Crippen LogP contribution in [0.5, 0.6) is 0 Å². The van der Waals surface area contributed by atoms with Crippen molar-refractivity contribution in [3.63, 3.8) is 0 Å². The molecule has 8 heteroatoms. The first-order chi connectivity index (χ1) is 14.5. The number of nitrogens with one attached hydrogen (secondary N) is 2. The molecule has 5 rings (SSSR count). The van der Waals surface area contributed by atoms with E-state index >= 15 is 0 Å². The van der Waals surface area contributed by atoms with Crippen molar-refractivity contribution in [2.75, 3.05) is 22.5 Å². The molecule has 7 nitrogen and oxygen atoms in total. The lowest BCUT2D eigenvalue weighted by Crippen LogP contribution is -2.26. The van der Waals surface area contributed by atoms with Gasteiger partial charge in [-0.3, -0.25) is 5.10 Å². The molecule has 0 saturated carbocycles. The molecular formula is C22H21N5O2S. The van der Waals surface area contributed by atoms with E-state index in [2.05, 4.69) is 21.6 Å². The Morgan fingerprint density at radius 3 is 2.80 bits per heavy atom. The predicted octanol–water partition coefficient (Wildman–Crippen LogP) is 3.80. The Hall–Kier alpha value is -3.39. The first kappa shape index (κ1) is 18.6. The lowest BCUT2D eigenvalue weighted by atomic mass is 10.1. The minimum Gasteiger partial charge on any atom is -0.351 e. The number of hydrogen-bond donors (Lipinski definition) is 2. The van der Waals surface area contributed by atoms with E-state index in [9.17, 15) is 8.42 Å². The van der Waals surface area contributed by atoms with Gasteiger partial charge in [0.25, 0.3) is 0 Å². The molecule has 152 valence electrons. The molecule has 4 aromatic rings. The van der Waals surface area contributed by atoms with Crippen LogP contribution >= 0.6 is 0 Å². The molecule has 0 saturated heterocycles. The zero-order chi connectivity index (χ0) is 20.7. The number of sulfone groups is 1. The molecule has 1 aliphatic heterocycles. The van der Waals surface area contributed by atoms with Crippen molar-refractivity contribution in [1.82, 2.24) is 15.2 Å². The van der Waals surface area contributed by atoms with Gasteiger partial charge in [0.1, 0.15) is 11.6 Å². The third-order valence-corrected chi connectivity index (χ3v) is 7.13. The maximum absolute atomic E-state index is 12.7. The average Bonchev–Trinajstić information content (AvgIpc) is 3.20. The number of pyridine rings is 1. The highest BCUT2D eigenvalue weighted by atomic mass is 32.2. The predicted molar refractivity (Wildman–Crippen MR) is 118 cm³/mol. The molecule has 0 atom stereocenters. The number of aromatic nitrogens is 3. The summed E-state index contributed by atoms with van der Waals surface area (Å²) < 4.78 is 25.5. The normalized spacial score (nSPS) is 15.6. The second-order valence-electron chi connectivity index (χ2n) is 7.49. The van der Waals surface area contributed by atoms with Crippen LogP contribution in [0, 0.1) is 6.92 Å². The van der Waals surface area contributed by atoms with Crippen LogP contribution in [0.25, 0.3) is 10.9 Å². The average molecular weight is 420 g/mol. The van der Waals surface area contributed by atoms with E-state index in [1.54, 1.807) is 18.3 Å². The smallest absolute Gasteiger partial charge is 0.180 e. The van der Waals surface area contributed by atoms with Gasteiger partial charge in [0.15, 0.2) is 9.84 Å². The van der Waals surface area contributed by atoms with Crippen molar-refractivity contribution in [2.45, 2.75) is 18.4 Å². The highest BCUT2D eigenvalue weighted by Crippen LogP contribution is 2.32. The molecular weight excluding hydrogens is 398 g/mol. The summed E-state index contributed by atoms with van der Waals surface area (Å²) in [4.78, 5) is 7.30. The van der Waals surface area contributed by atoms with Gasteiger partial charge in [0.05, 0.1) is 28.0 Å². The minimum absolute atomic E-state index is 0.0565. The molecule has 3 heterocycles. The fourth-order valence-electron chi connectivity index (χ4n) is 3.82. The number of fused-ring (bicyclic) bond motifs is 2. The molecule has 1 aliphatic rings. The van der Waals surface area contributed by atoms with Crippen molar-refractivity contribution in [3.05, 3.63) is 71.9 Å². The number of H-pyrrole nitrogens is 1. The van der Waals surface area contributed by atoms with Crippen LogP contribution in [0.4, 0.5) is 17.3 Å². The van der Waals surface area contributed by atoms with Crippen LogP contribution in [-0.2, 0) is 16.4 Å². The minimum atomic E-state index is -3.32. The van der Waals surface area contributed by atoms with Crippen molar-refractivity contribution in [3.8, 4) is 0 Å². The van der Waals surface area contributed by atoms with Crippen molar-refractivity contribution in [1.29, 1.82) is 0 Å². The Bertz CT molecular complexity index is 1330. The fraction of sp³-hybridized carbons (Fsp3) is 0.182. The Morgan fingerprint density at radius 2 is 1.97 bits per heavy atom. The first-order valence-corrected chi connectivity index (χ1v) is 11.4. The number of nitrogens with zero attached hydrogens (tertiary/aromatic N) is 3. The van der Waals surface area contributed by atoms with E-state index in [0.717, 1.165) is 39.4 Å². The molecule has 0 bridgehead atoms. The van der Waals surface area contributed by atoms with Gasteiger partial charge in [-0.2, -0.15) is 5.10 Å². The van der Waals surface area contributed by atoms with Crippen LogP contribution in [0.3, 0.4) is 0 Å². The first-order valence-electron chi connectivity index (χ1n) is 9.73.